The minimum absolute atomic E-state index is 0.202. The molecule has 8 nitrogen and oxygen atoms in total. The number of halogens is 1. The Bertz CT molecular complexity index is 1600. The summed E-state index contributed by atoms with van der Waals surface area (Å²) in [6, 6.07) is 4.87. The van der Waals surface area contributed by atoms with E-state index in [2.05, 4.69) is 25.5 Å². The molecule has 0 saturated heterocycles. The van der Waals surface area contributed by atoms with Crippen LogP contribution >= 0.6 is 27.3 Å². The molecule has 0 aliphatic carbocycles. The summed E-state index contributed by atoms with van der Waals surface area (Å²) in [5.74, 6) is 0.536. The number of rotatable bonds is 7. The van der Waals surface area contributed by atoms with E-state index in [0.29, 0.717) is 48.7 Å². The number of allylic oxidation sites excluding steroid dienone is 1. The lowest BCUT2D eigenvalue weighted by Crippen LogP contribution is -2.40. The predicted molar refractivity (Wildman–Crippen MR) is 147 cm³/mol. The number of carbonyl (C=O) groups is 1. The van der Waals surface area contributed by atoms with Crippen molar-refractivity contribution in [2.45, 2.75) is 40.7 Å². The first-order chi connectivity index (χ1) is 17.6. The van der Waals surface area contributed by atoms with Gasteiger partial charge >= 0.3 is 5.97 Å². The predicted octanol–water partition coefficient (Wildman–Crippen LogP) is 3.92. The number of thiazole rings is 1. The molecule has 0 amide bonds. The molecule has 0 bridgehead atoms. The maximum atomic E-state index is 13.9. The summed E-state index contributed by atoms with van der Waals surface area (Å²) in [6.07, 6.45) is 1.89. The molecule has 2 aromatic heterocycles. The van der Waals surface area contributed by atoms with Crippen LogP contribution in [-0.2, 0) is 16.6 Å². The van der Waals surface area contributed by atoms with Gasteiger partial charge in [-0.3, -0.25) is 9.36 Å². The van der Waals surface area contributed by atoms with Gasteiger partial charge in [0.1, 0.15) is 0 Å². The van der Waals surface area contributed by atoms with Crippen LogP contribution in [0.2, 0.25) is 0 Å². The fourth-order valence-corrected chi connectivity index (χ4v) is 6.02. The molecule has 3 heterocycles. The molecule has 0 N–H and O–H groups in total. The van der Waals surface area contributed by atoms with Crippen molar-refractivity contribution in [2.75, 3.05) is 20.3 Å². The number of carbonyl (C=O) groups excluding carboxylic acids is 1. The van der Waals surface area contributed by atoms with E-state index in [1.54, 1.807) is 37.7 Å². The molecule has 1 atom stereocenters. The van der Waals surface area contributed by atoms with Crippen LogP contribution in [0.1, 0.15) is 49.3 Å². The van der Waals surface area contributed by atoms with Crippen molar-refractivity contribution < 1.29 is 19.0 Å². The number of aryl methyl sites for hydroxylation is 1. The van der Waals surface area contributed by atoms with Crippen molar-refractivity contribution in [1.82, 2.24) is 9.13 Å². The quantitative estimate of drug-likeness (QED) is 0.391. The van der Waals surface area contributed by atoms with Crippen molar-refractivity contribution in [3.8, 4) is 11.5 Å². The number of aromatic nitrogens is 2. The molecule has 0 saturated carbocycles. The number of benzene rings is 1. The van der Waals surface area contributed by atoms with Gasteiger partial charge in [0.2, 0.25) is 0 Å². The lowest BCUT2D eigenvalue weighted by atomic mass is 9.95. The Hall–Kier alpha value is -3.11. The minimum Gasteiger partial charge on any atom is -0.493 e. The molecule has 1 aliphatic heterocycles. The highest BCUT2D eigenvalue weighted by atomic mass is 79.9. The highest BCUT2D eigenvalue weighted by molar-refractivity contribution is 9.10. The molecule has 4 rings (SSSR count). The van der Waals surface area contributed by atoms with Crippen molar-refractivity contribution in [2.24, 2.45) is 12.0 Å². The molecule has 0 spiro atoms. The van der Waals surface area contributed by atoms with E-state index in [1.165, 1.54) is 11.3 Å². The van der Waals surface area contributed by atoms with Crippen LogP contribution in [0.4, 0.5) is 0 Å². The number of esters is 1. The van der Waals surface area contributed by atoms with Gasteiger partial charge in [0.05, 0.1) is 42.2 Å². The number of hydrogen-bond donors (Lipinski definition) is 0. The molecular formula is C27H30BrN3O5S. The Morgan fingerprint density at radius 3 is 2.49 bits per heavy atom. The van der Waals surface area contributed by atoms with Gasteiger partial charge in [-0.05, 0) is 70.0 Å². The number of fused-ring (bicyclic) bond motifs is 1. The van der Waals surface area contributed by atoms with Gasteiger partial charge in [-0.1, -0.05) is 27.3 Å². The molecule has 0 radical (unpaired) electrons. The van der Waals surface area contributed by atoms with Gasteiger partial charge in [0.25, 0.3) is 5.56 Å². The summed E-state index contributed by atoms with van der Waals surface area (Å²) in [5, 5.41) is 0. The minimum atomic E-state index is -0.769. The van der Waals surface area contributed by atoms with Gasteiger partial charge in [-0.25, -0.2) is 9.79 Å². The molecule has 10 heteroatoms. The van der Waals surface area contributed by atoms with Crippen molar-refractivity contribution in [1.29, 1.82) is 0 Å². The monoisotopic (exact) mass is 587 g/mol. The van der Waals surface area contributed by atoms with Crippen LogP contribution in [-0.4, -0.2) is 35.4 Å². The zero-order chi connectivity index (χ0) is 27.0. The SMILES string of the molecule is CCOC(=O)C1=C(C)N=c2s/c(=C/c3cc(C)n(C)c3C)c(=O)n2[C@@H]1c1cc(OC)c(OCC)cc1Br. The van der Waals surface area contributed by atoms with Gasteiger partial charge in [-0.2, -0.15) is 0 Å². The molecule has 37 heavy (non-hydrogen) atoms. The van der Waals surface area contributed by atoms with E-state index in [-0.39, 0.29) is 12.2 Å². The molecule has 0 unspecified atom stereocenters. The third-order valence-electron chi connectivity index (χ3n) is 6.50. The largest absolute Gasteiger partial charge is 0.493 e. The van der Waals surface area contributed by atoms with E-state index in [9.17, 15) is 9.59 Å². The first kappa shape index (κ1) is 26.9. The van der Waals surface area contributed by atoms with Crippen LogP contribution in [0, 0.1) is 13.8 Å². The van der Waals surface area contributed by atoms with Gasteiger partial charge in [0, 0.05) is 22.9 Å². The summed E-state index contributed by atoms with van der Waals surface area (Å²) >= 11 is 4.94. The van der Waals surface area contributed by atoms with E-state index < -0.39 is 12.0 Å². The average Bonchev–Trinajstić information content (AvgIpc) is 3.28. The fraction of sp³-hybridized carbons (Fsp3) is 0.370. The second-order valence-corrected chi connectivity index (χ2v) is 10.5. The first-order valence-corrected chi connectivity index (χ1v) is 13.6. The number of methoxy groups -OCH3 is 1. The van der Waals surface area contributed by atoms with Crippen LogP contribution in [0.25, 0.3) is 6.08 Å². The topological polar surface area (TPSA) is 84.1 Å². The summed E-state index contributed by atoms with van der Waals surface area (Å²) in [5.41, 5.74) is 4.36. The zero-order valence-corrected chi connectivity index (χ0v) is 24.4. The third-order valence-corrected chi connectivity index (χ3v) is 8.17. The Balaban J connectivity index is 2.01. The standard InChI is InChI=1S/C27H30BrN3O5S/c1-8-35-21-13-19(28)18(12-20(21)34-7)24-23(26(33)36-9-2)15(4)29-27-31(24)25(32)22(37-27)11-17-10-14(3)30(6)16(17)5/h10-13,24H,8-9H2,1-7H3/b22-11+/t24-/m1/s1. The molecule has 3 aromatic rings. The summed E-state index contributed by atoms with van der Waals surface area (Å²) < 4.78 is 21.6. The Labute approximate surface area is 227 Å². The summed E-state index contributed by atoms with van der Waals surface area (Å²) in [7, 11) is 3.55. The average molecular weight is 589 g/mol. The van der Waals surface area contributed by atoms with Gasteiger partial charge in [0.15, 0.2) is 16.3 Å². The molecule has 0 fully saturated rings. The van der Waals surface area contributed by atoms with Gasteiger partial charge in [-0.15, -0.1) is 0 Å². The molecular weight excluding hydrogens is 558 g/mol. The van der Waals surface area contributed by atoms with Crippen LogP contribution < -0.4 is 24.4 Å². The maximum absolute atomic E-state index is 13.9. The smallest absolute Gasteiger partial charge is 0.338 e. The number of hydrogen-bond acceptors (Lipinski definition) is 7. The lowest BCUT2D eigenvalue weighted by Gasteiger charge is -2.26. The highest BCUT2D eigenvalue weighted by Gasteiger charge is 2.35. The third kappa shape index (κ3) is 4.80. The number of ether oxygens (including phenoxy) is 3. The molecule has 1 aromatic carbocycles. The molecule has 196 valence electrons. The Kier molecular flexibility index (Phi) is 7.80. The second kappa shape index (κ2) is 10.7. The Morgan fingerprint density at radius 2 is 1.89 bits per heavy atom. The van der Waals surface area contributed by atoms with Crippen LogP contribution in [0.3, 0.4) is 0 Å². The van der Waals surface area contributed by atoms with E-state index in [1.807, 2.05) is 40.0 Å². The Morgan fingerprint density at radius 1 is 1.16 bits per heavy atom. The highest BCUT2D eigenvalue weighted by Crippen LogP contribution is 2.41. The van der Waals surface area contributed by atoms with Crippen molar-refractivity contribution in [3.63, 3.8) is 0 Å². The summed E-state index contributed by atoms with van der Waals surface area (Å²) in [4.78, 5) is 32.3. The van der Waals surface area contributed by atoms with E-state index in [4.69, 9.17) is 14.2 Å². The zero-order valence-electron chi connectivity index (χ0n) is 22.0. The fourth-order valence-electron chi connectivity index (χ4n) is 4.45. The van der Waals surface area contributed by atoms with Crippen LogP contribution in [0.5, 0.6) is 11.5 Å². The lowest BCUT2D eigenvalue weighted by molar-refractivity contribution is -0.139. The molecule has 1 aliphatic rings. The maximum Gasteiger partial charge on any atom is 0.338 e. The second-order valence-electron chi connectivity index (χ2n) is 8.65. The number of nitrogens with zero attached hydrogens (tertiary/aromatic N) is 3. The van der Waals surface area contributed by atoms with Crippen LogP contribution in [0.15, 0.2) is 43.7 Å². The van der Waals surface area contributed by atoms with Gasteiger partial charge < -0.3 is 18.8 Å². The van der Waals surface area contributed by atoms with E-state index in [0.717, 1.165) is 17.0 Å². The summed E-state index contributed by atoms with van der Waals surface area (Å²) in [6.45, 7) is 10.1. The normalized spacial score (nSPS) is 15.5. The first-order valence-electron chi connectivity index (χ1n) is 12.0. The van der Waals surface area contributed by atoms with Crippen molar-refractivity contribution >= 4 is 39.3 Å². The van der Waals surface area contributed by atoms with Crippen molar-refractivity contribution in [3.05, 3.63) is 76.1 Å². The van der Waals surface area contributed by atoms with E-state index >= 15 is 0 Å².